The standard InChI is InChI=1S/C12H15NO4/c14-8-11-7-13(4-5-17-11)12(16)9-2-1-3-10(15)6-9/h1-3,6,11,14-15H,4-5,7-8H2. The maximum atomic E-state index is 12.1. The zero-order chi connectivity index (χ0) is 12.3. The van der Waals surface area contributed by atoms with Crippen molar-refractivity contribution in [2.45, 2.75) is 6.10 Å². The van der Waals surface area contributed by atoms with E-state index in [1.165, 1.54) is 12.1 Å². The lowest BCUT2D eigenvalue weighted by Crippen LogP contribution is -2.46. The van der Waals surface area contributed by atoms with Crippen LogP contribution in [0.1, 0.15) is 10.4 Å². The maximum Gasteiger partial charge on any atom is 0.254 e. The molecule has 2 N–H and O–H groups in total. The Morgan fingerprint density at radius 1 is 1.53 bits per heavy atom. The molecule has 1 saturated heterocycles. The number of aliphatic hydroxyl groups is 1. The molecule has 1 unspecified atom stereocenters. The highest BCUT2D eigenvalue weighted by molar-refractivity contribution is 5.94. The molecule has 1 aromatic carbocycles. The van der Waals surface area contributed by atoms with E-state index in [1.54, 1.807) is 17.0 Å². The average Bonchev–Trinajstić information content (AvgIpc) is 2.38. The van der Waals surface area contributed by atoms with Crippen LogP contribution in [0.5, 0.6) is 5.75 Å². The zero-order valence-electron chi connectivity index (χ0n) is 9.37. The van der Waals surface area contributed by atoms with Crippen molar-refractivity contribution < 1.29 is 19.7 Å². The minimum Gasteiger partial charge on any atom is -0.508 e. The third-order valence-corrected chi connectivity index (χ3v) is 2.72. The lowest BCUT2D eigenvalue weighted by Gasteiger charge is -2.32. The Hall–Kier alpha value is -1.59. The van der Waals surface area contributed by atoms with Gasteiger partial charge in [-0.05, 0) is 18.2 Å². The number of ether oxygens (including phenoxy) is 1. The van der Waals surface area contributed by atoms with Gasteiger partial charge >= 0.3 is 0 Å². The van der Waals surface area contributed by atoms with E-state index in [-0.39, 0.29) is 24.4 Å². The quantitative estimate of drug-likeness (QED) is 0.772. The Balaban J connectivity index is 2.09. The van der Waals surface area contributed by atoms with Crippen LogP contribution in [0.15, 0.2) is 24.3 Å². The molecule has 0 bridgehead atoms. The van der Waals surface area contributed by atoms with Gasteiger partial charge in [-0.25, -0.2) is 0 Å². The smallest absolute Gasteiger partial charge is 0.254 e. The van der Waals surface area contributed by atoms with Crippen molar-refractivity contribution in [3.8, 4) is 5.75 Å². The number of nitrogens with zero attached hydrogens (tertiary/aromatic N) is 1. The topological polar surface area (TPSA) is 70.0 Å². The number of carbonyl (C=O) groups excluding carboxylic acids is 1. The van der Waals surface area contributed by atoms with Gasteiger partial charge in [-0.2, -0.15) is 0 Å². The number of rotatable bonds is 2. The minimum absolute atomic E-state index is 0.0721. The number of hydrogen-bond donors (Lipinski definition) is 2. The van der Waals surface area contributed by atoms with Gasteiger partial charge in [0.15, 0.2) is 0 Å². The Bertz CT molecular complexity index is 407. The third kappa shape index (κ3) is 2.75. The molecule has 1 amide bonds. The van der Waals surface area contributed by atoms with E-state index in [4.69, 9.17) is 9.84 Å². The van der Waals surface area contributed by atoms with Crippen molar-refractivity contribution in [1.82, 2.24) is 4.90 Å². The van der Waals surface area contributed by atoms with Crippen LogP contribution in [-0.2, 0) is 4.74 Å². The van der Waals surface area contributed by atoms with Crippen LogP contribution in [0, 0.1) is 0 Å². The number of aromatic hydroxyl groups is 1. The van der Waals surface area contributed by atoms with Crippen molar-refractivity contribution in [3.05, 3.63) is 29.8 Å². The largest absolute Gasteiger partial charge is 0.508 e. The second kappa shape index (κ2) is 5.16. The first-order valence-electron chi connectivity index (χ1n) is 5.51. The monoisotopic (exact) mass is 237 g/mol. The second-order valence-corrected chi connectivity index (χ2v) is 3.98. The van der Waals surface area contributed by atoms with Crippen LogP contribution in [0.4, 0.5) is 0 Å². The fraction of sp³-hybridized carbons (Fsp3) is 0.417. The van der Waals surface area contributed by atoms with Crippen LogP contribution in [0.25, 0.3) is 0 Å². The van der Waals surface area contributed by atoms with Crippen molar-refractivity contribution in [1.29, 1.82) is 0 Å². The molecule has 1 heterocycles. The van der Waals surface area contributed by atoms with E-state index in [9.17, 15) is 9.90 Å². The van der Waals surface area contributed by atoms with Crippen LogP contribution in [0.2, 0.25) is 0 Å². The van der Waals surface area contributed by atoms with E-state index in [2.05, 4.69) is 0 Å². The summed E-state index contributed by atoms with van der Waals surface area (Å²) < 4.78 is 5.27. The highest BCUT2D eigenvalue weighted by Gasteiger charge is 2.24. The van der Waals surface area contributed by atoms with Gasteiger partial charge in [-0.3, -0.25) is 4.79 Å². The number of carbonyl (C=O) groups is 1. The van der Waals surface area contributed by atoms with Gasteiger partial charge < -0.3 is 19.8 Å². The summed E-state index contributed by atoms with van der Waals surface area (Å²) in [6.07, 6.45) is -0.315. The number of morpholine rings is 1. The normalized spacial score (nSPS) is 20.3. The first-order chi connectivity index (χ1) is 8.20. The molecular weight excluding hydrogens is 222 g/mol. The first kappa shape index (κ1) is 11.9. The van der Waals surface area contributed by atoms with Crippen molar-refractivity contribution in [2.24, 2.45) is 0 Å². The first-order valence-corrected chi connectivity index (χ1v) is 5.51. The predicted octanol–water partition coefficient (Wildman–Crippen LogP) is 0.225. The highest BCUT2D eigenvalue weighted by atomic mass is 16.5. The SMILES string of the molecule is O=C(c1cccc(O)c1)N1CCOC(CO)C1. The van der Waals surface area contributed by atoms with Gasteiger partial charge in [0.1, 0.15) is 5.75 Å². The summed E-state index contributed by atoms with van der Waals surface area (Å²) in [5.74, 6) is -0.0783. The Kier molecular flexibility index (Phi) is 3.61. The number of aliphatic hydroxyl groups excluding tert-OH is 1. The van der Waals surface area contributed by atoms with E-state index in [1.807, 2.05) is 0 Å². The summed E-state index contributed by atoms with van der Waals surface area (Å²) >= 11 is 0. The molecule has 1 atom stereocenters. The van der Waals surface area contributed by atoms with Gasteiger partial charge in [-0.1, -0.05) is 6.07 Å². The van der Waals surface area contributed by atoms with Crippen LogP contribution in [0.3, 0.4) is 0 Å². The average molecular weight is 237 g/mol. The van der Waals surface area contributed by atoms with Gasteiger partial charge in [-0.15, -0.1) is 0 Å². The molecule has 1 aromatic rings. The van der Waals surface area contributed by atoms with Gasteiger partial charge in [0.05, 0.1) is 19.3 Å². The molecular formula is C12H15NO4. The molecule has 92 valence electrons. The molecule has 1 fully saturated rings. The minimum atomic E-state index is -0.315. The summed E-state index contributed by atoms with van der Waals surface area (Å²) in [6.45, 7) is 1.22. The van der Waals surface area contributed by atoms with Gasteiger partial charge in [0, 0.05) is 18.7 Å². The summed E-state index contributed by atoms with van der Waals surface area (Å²) in [5, 5.41) is 18.3. The molecule has 17 heavy (non-hydrogen) atoms. The maximum absolute atomic E-state index is 12.1. The molecule has 1 aliphatic heterocycles. The lowest BCUT2D eigenvalue weighted by atomic mass is 10.1. The predicted molar refractivity (Wildman–Crippen MR) is 60.8 cm³/mol. The van der Waals surface area contributed by atoms with Gasteiger partial charge in [0.2, 0.25) is 0 Å². The Morgan fingerprint density at radius 3 is 3.06 bits per heavy atom. The van der Waals surface area contributed by atoms with Crippen LogP contribution in [-0.4, -0.2) is 53.4 Å². The Labute approximate surface area is 99.2 Å². The highest BCUT2D eigenvalue weighted by Crippen LogP contribution is 2.15. The van der Waals surface area contributed by atoms with Crippen LogP contribution < -0.4 is 0 Å². The molecule has 0 radical (unpaired) electrons. The number of benzene rings is 1. The number of hydrogen-bond acceptors (Lipinski definition) is 4. The molecule has 0 aromatic heterocycles. The molecule has 2 rings (SSSR count). The third-order valence-electron chi connectivity index (χ3n) is 2.72. The van der Waals surface area contributed by atoms with Gasteiger partial charge in [0.25, 0.3) is 5.91 Å². The Morgan fingerprint density at radius 2 is 2.35 bits per heavy atom. The van der Waals surface area contributed by atoms with Crippen molar-refractivity contribution >= 4 is 5.91 Å². The zero-order valence-corrected chi connectivity index (χ0v) is 9.37. The summed E-state index contributed by atoms with van der Waals surface area (Å²) in [4.78, 5) is 13.7. The number of phenolic OH excluding ortho intramolecular Hbond substituents is 1. The molecule has 0 saturated carbocycles. The van der Waals surface area contributed by atoms with E-state index < -0.39 is 0 Å². The summed E-state index contributed by atoms with van der Waals surface area (Å²) in [5.41, 5.74) is 0.448. The van der Waals surface area contributed by atoms with Crippen molar-refractivity contribution in [3.63, 3.8) is 0 Å². The number of phenols is 1. The van der Waals surface area contributed by atoms with Crippen molar-refractivity contribution in [2.75, 3.05) is 26.3 Å². The molecule has 1 aliphatic rings. The summed E-state index contributed by atoms with van der Waals surface area (Å²) in [7, 11) is 0. The van der Waals surface area contributed by atoms with E-state index in [0.29, 0.717) is 25.3 Å². The molecule has 5 heteroatoms. The summed E-state index contributed by atoms with van der Waals surface area (Å²) in [6, 6.07) is 6.25. The van der Waals surface area contributed by atoms with E-state index >= 15 is 0 Å². The second-order valence-electron chi connectivity index (χ2n) is 3.98. The number of amides is 1. The van der Waals surface area contributed by atoms with E-state index in [0.717, 1.165) is 0 Å². The van der Waals surface area contributed by atoms with Crippen LogP contribution >= 0.6 is 0 Å². The molecule has 0 spiro atoms. The fourth-order valence-corrected chi connectivity index (χ4v) is 1.84. The molecule has 5 nitrogen and oxygen atoms in total. The molecule has 0 aliphatic carbocycles. The fourth-order valence-electron chi connectivity index (χ4n) is 1.84. The lowest BCUT2D eigenvalue weighted by molar-refractivity contribution is -0.0447.